The Morgan fingerprint density at radius 1 is 1.20 bits per heavy atom. The molecule has 1 unspecified atom stereocenters. The van der Waals surface area contributed by atoms with Crippen molar-refractivity contribution >= 4 is 21.6 Å². The summed E-state index contributed by atoms with van der Waals surface area (Å²) in [5.41, 5.74) is 2.68. The fourth-order valence-corrected chi connectivity index (χ4v) is 3.44. The largest absolute Gasteiger partial charge is 0.348 e. The van der Waals surface area contributed by atoms with Crippen molar-refractivity contribution in [1.82, 2.24) is 0 Å². The van der Waals surface area contributed by atoms with E-state index in [0.717, 1.165) is 15.6 Å². The Hall–Kier alpha value is -1.47. The van der Waals surface area contributed by atoms with Gasteiger partial charge in [-0.15, -0.1) is 0 Å². The second-order valence-corrected chi connectivity index (χ2v) is 8.08. The fourth-order valence-electron chi connectivity index (χ4n) is 3.04. The maximum absolute atomic E-state index is 11.3. The minimum absolute atomic E-state index is 0.179. The Morgan fingerprint density at radius 3 is 2.44 bits per heavy atom. The van der Waals surface area contributed by atoms with Crippen molar-refractivity contribution in [1.29, 1.82) is 0 Å². The molecular formula is C19H22BrNO4. The van der Waals surface area contributed by atoms with Crippen molar-refractivity contribution in [3.63, 3.8) is 0 Å². The molecule has 5 nitrogen and oxygen atoms in total. The van der Waals surface area contributed by atoms with E-state index in [1.165, 1.54) is 14.2 Å². The molecule has 0 amide bonds. The molecule has 1 aliphatic heterocycles. The van der Waals surface area contributed by atoms with Crippen LogP contribution >= 0.6 is 15.9 Å². The first-order valence-electron chi connectivity index (χ1n) is 7.97. The van der Waals surface area contributed by atoms with Gasteiger partial charge in [0.15, 0.2) is 0 Å². The van der Waals surface area contributed by atoms with E-state index in [-0.39, 0.29) is 5.41 Å². The molecule has 0 spiro atoms. The van der Waals surface area contributed by atoms with E-state index in [0.29, 0.717) is 11.3 Å². The highest BCUT2D eigenvalue weighted by atomic mass is 79.9. The standard InChI is InChI=1S/C19H22BrNO4/c1-17(2,3)13-10-15-16(12-7-6-8-14(20)9-12)21-25-19(15,22)18(11-13,23-4)24-5/h6-11,22H,1-5H3. The van der Waals surface area contributed by atoms with E-state index >= 15 is 0 Å². The third-order valence-electron chi connectivity index (χ3n) is 4.58. The molecule has 1 heterocycles. The molecule has 0 fully saturated rings. The van der Waals surface area contributed by atoms with Gasteiger partial charge in [0.25, 0.3) is 5.79 Å². The summed E-state index contributed by atoms with van der Waals surface area (Å²) in [5, 5.41) is 15.4. The Balaban J connectivity index is 2.19. The van der Waals surface area contributed by atoms with Crippen molar-refractivity contribution in [3.8, 4) is 0 Å². The molecular weight excluding hydrogens is 386 g/mol. The lowest BCUT2D eigenvalue weighted by atomic mass is 9.76. The number of benzene rings is 1. The summed E-state index contributed by atoms with van der Waals surface area (Å²) in [4.78, 5) is 5.48. The minimum atomic E-state index is -1.86. The Kier molecular flexibility index (Phi) is 4.44. The van der Waals surface area contributed by atoms with Crippen molar-refractivity contribution < 1.29 is 19.4 Å². The molecule has 1 atom stereocenters. The molecule has 1 aromatic rings. The predicted octanol–water partition coefficient (Wildman–Crippen LogP) is 3.77. The van der Waals surface area contributed by atoms with Gasteiger partial charge >= 0.3 is 5.79 Å². The van der Waals surface area contributed by atoms with Crippen LogP contribution in [0.3, 0.4) is 0 Å². The summed E-state index contributed by atoms with van der Waals surface area (Å²) in [6.45, 7) is 6.26. The van der Waals surface area contributed by atoms with Crippen LogP contribution in [0.2, 0.25) is 0 Å². The van der Waals surface area contributed by atoms with E-state index in [4.69, 9.17) is 14.3 Å². The van der Waals surface area contributed by atoms with Crippen molar-refractivity contribution in [3.05, 3.63) is 57.6 Å². The summed E-state index contributed by atoms with van der Waals surface area (Å²) < 4.78 is 12.1. The number of methoxy groups -OCH3 is 2. The maximum atomic E-state index is 11.3. The maximum Gasteiger partial charge on any atom is 0.321 e. The van der Waals surface area contributed by atoms with Gasteiger partial charge in [0, 0.05) is 24.3 Å². The fraction of sp³-hybridized carbons (Fsp3) is 0.421. The van der Waals surface area contributed by atoms with Gasteiger partial charge in [0.05, 0.1) is 5.57 Å². The van der Waals surface area contributed by atoms with Crippen molar-refractivity contribution in [2.45, 2.75) is 32.3 Å². The minimum Gasteiger partial charge on any atom is -0.348 e. The number of aliphatic hydroxyl groups is 1. The summed E-state index contributed by atoms with van der Waals surface area (Å²) in [7, 11) is 2.95. The average Bonchev–Trinajstić information content (AvgIpc) is 2.90. The lowest BCUT2D eigenvalue weighted by Gasteiger charge is -2.42. The predicted molar refractivity (Wildman–Crippen MR) is 99.1 cm³/mol. The van der Waals surface area contributed by atoms with Gasteiger partial charge in [-0.1, -0.05) is 54.0 Å². The van der Waals surface area contributed by atoms with E-state index < -0.39 is 11.6 Å². The first-order valence-corrected chi connectivity index (χ1v) is 8.77. The van der Waals surface area contributed by atoms with Gasteiger partial charge < -0.3 is 19.4 Å². The second kappa shape index (κ2) is 6.06. The van der Waals surface area contributed by atoms with Crippen LogP contribution in [0.25, 0.3) is 0 Å². The number of halogens is 1. The van der Waals surface area contributed by atoms with Crippen LogP contribution in [0.15, 0.2) is 57.2 Å². The van der Waals surface area contributed by atoms with E-state index in [9.17, 15) is 5.11 Å². The molecule has 1 N–H and O–H groups in total. The molecule has 0 saturated carbocycles. The summed E-state index contributed by atoms with van der Waals surface area (Å²) in [6.07, 6.45) is 3.67. The third-order valence-corrected chi connectivity index (χ3v) is 5.07. The zero-order valence-electron chi connectivity index (χ0n) is 15.0. The lowest BCUT2D eigenvalue weighted by Crippen LogP contribution is -2.59. The first-order chi connectivity index (χ1) is 11.7. The molecule has 6 heteroatoms. The molecule has 134 valence electrons. The highest BCUT2D eigenvalue weighted by Gasteiger charge is 2.62. The normalized spacial score (nSPS) is 24.8. The Bertz CT molecular complexity index is 787. The van der Waals surface area contributed by atoms with Crippen LogP contribution in [0.5, 0.6) is 0 Å². The van der Waals surface area contributed by atoms with E-state index in [1.54, 1.807) is 6.08 Å². The SMILES string of the molecule is COC1(OC)C=C(C(C)(C)C)C=C2C(c3cccc(Br)c3)=NOC21O. The number of hydrogen-bond acceptors (Lipinski definition) is 5. The molecule has 1 aromatic carbocycles. The summed E-state index contributed by atoms with van der Waals surface area (Å²) in [6, 6.07) is 7.67. The van der Waals surface area contributed by atoms with Crippen LogP contribution in [0, 0.1) is 5.41 Å². The highest BCUT2D eigenvalue weighted by molar-refractivity contribution is 9.10. The van der Waals surface area contributed by atoms with Crippen LogP contribution in [0.4, 0.5) is 0 Å². The lowest BCUT2D eigenvalue weighted by molar-refractivity contribution is -0.342. The number of nitrogens with zero attached hydrogens (tertiary/aromatic N) is 1. The van der Waals surface area contributed by atoms with Crippen LogP contribution < -0.4 is 0 Å². The molecule has 0 radical (unpaired) electrons. The highest BCUT2D eigenvalue weighted by Crippen LogP contribution is 2.48. The second-order valence-electron chi connectivity index (χ2n) is 7.17. The van der Waals surface area contributed by atoms with Gasteiger partial charge in [0.1, 0.15) is 5.71 Å². The van der Waals surface area contributed by atoms with Crippen molar-refractivity contribution in [2.24, 2.45) is 10.6 Å². The van der Waals surface area contributed by atoms with Gasteiger partial charge in [0.2, 0.25) is 0 Å². The third kappa shape index (κ3) is 2.77. The molecule has 3 rings (SSSR count). The van der Waals surface area contributed by atoms with Crippen molar-refractivity contribution in [2.75, 3.05) is 14.2 Å². The number of ether oxygens (including phenoxy) is 2. The first kappa shape index (κ1) is 18.3. The molecule has 0 aromatic heterocycles. The molecule has 2 aliphatic rings. The van der Waals surface area contributed by atoms with Crippen LogP contribution in [0.1, 0.15) is 26.3 Å². The zero-order chi connectivity index (χ0) is 18.5. The zero-order valence-corrected chi connectivity index (χ0v) is 16.5. The van der Waals surface area contributed by atoms with Gasteiger partial charge in [-0.3, -0.25) is 0 Å². The number of hydrogen-bond donors (Lipinski definition) is 1. The molecule has 1 aliphatic carbocycles. The Labute approximate surface area is 156 Å². The summed E-state index contributed by atoms with van der Waals surface area (Å²) in [5.74, 6) is -3.35. The number of oxime groups is 1. The number of rotatable bonds is 3. The van der Waals surface area contributed by atoms with E-state index in [1.807, 2.05) is 30.3 Å². The molecule has 0 saturated heterocycles. The average molecular weight is 408 g/mol. The Morgan fingerprint density at radius 2 is 1.88 bits per heavy atom. The van der Waals surface area contributed by atoms with Gasteiger partial charge in [-0.25, -0.2) is 0 Å². The molecule has 0 bridgehead atoms. The van der Waals surface area contributed by atoms with E-state index in [2.05, 4.69) is 41.9 Å². The number of allylic oxidation sites excluding steroid dienone is 2. The molecule has 25 heavy (non-hydrogen) atoms. The van der Waals surface area contributed by atoms with Gasteiger partial charge in [-0.05, 0) is 35.3 Å². The topological polar surface area (TPSA) is 60.3 Å². The quantitative estimate of drug-likeness (QED) is 0.774. The smallest absolute Gasteiger partial charge is 0.321 e. The number of fused-ring (bicyclic) bond motifs is 1. The monoisotopic (exact) mass is 407 g/mol. The van der Waals surface area contributed by atoms with Crippen LogP contribution in [-0.2, 0) is 14.3 Å². The van der Waals surface area contributed by atoms with Crippen LogP contribution in [-0.4, -0.2) is 36.6 Å². The summed E-state index contributed by atoms with van der Waals surface area (Å²) >= 11 is 3.47. The van der Waals surface area contributed by atoms with Gasteiger partial charge in [-0.2, -0.15) is 0 Å².